The largest absolute Gasteiger partial charge is 0.507 e. The fourth-order valence-corrected chi connectivity index (χ4v) is 6.01. The van der Waals surface area contributed by atoms with Crippen LogP contribution >= 0.6 is 11.3 Å². The van der Waals surface area contributed by atoms with Gasteiger partial charge < -0.3 is 9.84 Å². The molecule has 0 spiro atoms. The van der Waals surface area contributed by atoms with Crippen molar-refractivity contribution in [2.24, 2.45) is 0 Å². The maximum Gasteiger partial charge on any atom is 0.301 e. The van der Waals surface area contributed by atoms with Crippen LogP contribution in [0.4, 0.5) is 9.52 Å². The maximum absolute atomic E-state index is 13.8. The summed E-state index contributed by atoms with van der Waals surface area (Å²) in [5.74, 6) is -1.49. The SMILES string of the molecule is CCc1ccc([C@@H]2C(=C(O)c3ccc4c(c3)C[C@H](C)O4)C(=O)C(=O)N2c2nc3ccc(F)cc3s2)cc1. The van der Waals surface area contributed by atoms with Gasteiger partial charge in [-0.25, -0.2) is 9.37 Å². The molecule has 6 rings (SSSR count). The lowest BCUT2D eigenvalue weighted by Crippen LogP contribution is -2.29. The number of rotatable bonds is 4. The predicted molar refractivity (Wildman–Crippen MR) is 140 cm³/mol. The van der Waals surface area contributed by atoms with Gasteiger partial charge in [0, 0.05) is 12.0 Å². The van der Waals surface area contributed by atoms with E-state index in [1.165, 1.54) is 17.0 Å². The van der Waals surface area contributed by atoms with Gasteiger partial charge in [0.05, 0.1) is 21.8 Å². The number of ether oxygens (including phenoxy) is 1. The van der Waals surface area contributed by atoms with Crippen molar-refractivity contribution in [3.63, 3.8) is 0 Å². The van der Waals surface area contributed by atoms with Crippen LogP contribution in [0, 0.1) is 5.82 Å². The lowest BCUT2D eigenvalue weighted by Gasteiger charge is -2.23. The topological polar surface area (TPSA) is 79.7 Å². The molecule has 37 heavy (non-hydrogen) atoms. The van der Waals surface area contributed by atoms with E-state index in [0.717, 1.165) is 34.6 Å². The highest BCUT2D eigenvalue weighted by Crippen LogP contribution is 2.45. The van der Waals surface area contributed by atoms with Gasteiger partial charge in [0.15, 0.2) is 5.13 Å². The van der Waals surface area contributed by atoms with E-state index in [1.807, 2.05) is 38.1 Å². The number of aliphatic hydroxyl groups is 1. The molecule has 8 heteroatoms. The smallest absolute Gasteiger partial charge is 0.301 e. The number of halogens is 1. The van der Waals surface area contributed by atoms with Crippen LogP contribution in [0.5, 0.6) is 5.75 Å². The van der Waals surface area contributed by atoms with Crippen LogP contribution in [0.25, 0.3) is 16.0 Å². The average molecular weight is 515 g/mol. The Hall–Kier alpha value is -4.04. The van der Waals surface area contributed by atoms with Crippen LogP contribution < -0.4 is 9.64 Å². The van der Waals surface area contributed by atoms with Crippen molar-refractivity contribution < 1.29 is 23.8 Å². The Morgan fingerprint density at radius 3 is 2.68 bits per heavy atom. The number of thiazole rings is 1. The maximum atomic E-state index is 13.8. The fourth-order valence-electron chi connectivity index (χ4n) is 5.00. The zero-order valence-corrected chi connectivity index (χ0v) is 21.0. The summed E-state index contributed by atoms with van der Waals surface area (Å²) >= 11 is 1.13. The molecular formula is C29H23FN2O4S. The van der Waals surface area contributed by atoms with Crippen LogP contribution in [0.3, 0.4) is 0 Å². The minimum atomic E-state index is -0.889. The third-order valence-electron chi connectivity index (χ3n) is 6.86. The first-order valence-electron chi connectivity index (χ1n) is 12.1. The van der Waals surface area contributed by atoms with Gasteiger partial charge in [-0.3, -0.25) is 14.5 Å². The third-order valence-corrected chi connectivity index (χ3v) is 7.88. The van der Waals surface area contributed by atoms with Gasteiger partial charge in [-0.05, 0) is 66.4 Å². The predicted octanol–water partition coefficient (Wildman–Crippen LogP) is 5.95. The number of nitrogens with zero attached hydrogens (tertiary/aromatic N) is 2. The number of anilines is 1. The van der Waals surface area contributed by atoms with Gasteiger partial charge >= 0.3 is 5.91 Å². The fraction of sp³-hybridized carbons (Fsp3) is 0.207. The summed E-state index contributed by atoms with van der Waals surface area (Å²) in [6, 6.07) is 16.2. The molecule has 2 aliphatic heterocycles. The number of carbonyl (C=O) groups is 2. The number of hydrogen-bond donors (Lipinski definition) is 1. The molecule has 6 nitrogen and oxygen atoms in total. The zero-order valence-electron chi connectivity index (χ0n) is 20.2. The second-order valence-corrected chi connectivity index (χ2v) is 10.3. The molecule has 1 amide bonds. The number of fused-ring (bicyclic) bond motifs is 2. The summed E-state index contributed by atoms with van der Waals surface area (Å²) in [6.07, 6.45) is 1.55. The molecule has 0 unspecified atom stereocenters. The van der Waals surface area contributed by atoms with Crippen molar-refractivity contribution in [2.45, 2.75) is 38.8 Å². The number of benzene rings is 3. The molecule has 0 saturated carbocycles. The van der Waals surface area contributed by atoms with Gasteiger partial charge in [0.2, 0.25) is 0 Å². The lowest BCUT2D eigenvalue weighted by atomic mass is 9.94. The molecule has 0 aliphatic carbocycles. The highest BCUT2D eigenvalue weighted by atomic mass is 32.1. The molecular weight excluding hydrogens is 491 g/mol. The van der Waals surface area contributed by atoms with Crippen molar-refractivity contribution >= 4 is 44.1 Å². The quantitative estimate of drug-likeness (QED) is 0.207. The van der Waals surface area contributed by atoms with Crippen molar-refractivity contribution in [2.75, 3.05) is 4.90 Å². The van der Waals surface area contributed by atoms with E-state index in [0.29, 0.717) is 27.8 Å². The number of amides is 1. The summed E-state index contributed by atoms with van der Waals surface area (Å²) in [5.41, 5.74) is 3.66. The number of Topliss-reactive ketones (excluding diaryl/α,β-unsaturated/α-hetero) is 1. The summed E-state index contributed by atoms with van der Waals surface area (Å²) in [6.45, 7) is 4.01. The summed E-state index contributed by atoms with van der Waals surface area (Å²) in [5, 5.41) is 11.7. The molecule has 3 heterocycles. The number of aromatic nitrogens is 1. The first-order chi connectivity index (χ1) is 17.8. The molecule has 1 N–H and O–H groups in total. The highest BCUT2D eigenvalue weighted by molar-refractivity contribution is 7.22. The lowest BCUT2D eigenvalue weighted by molar-refractivity contribution is -0.132. The Morgan fingerprint density at radius 1 is 1.14 bits per heavy atom. The van der Waals surface area contributed by atoms with Gasteiger partial charge in [-0.2, -0.15) is 0 Å². The third kappa shape index (κ3) is 3.88. The van der Waals surface area contributed by atoms with E-state index < -0.39 is 23.5 Å². The second kappa shape index (κ2) is 8.81. The molecule has 0 radical (unpaired) electrons. The second-order valence-electron chi connectivity index (χ2n) is 9.33. The van der Waals surface area contributed by atoms with Crippen LogP contribution in [0.1, 0.15) is 42.1 Å². The Bertz CT molecular complexity index is 1610. The Morgan fingerprint density at radius 2 is 1.92 bits per heavy atom. The van der Waals surface area contributed by atoms with Gasteiger partial charge in [-0.1, -0.05) is 42.5 Å². The van der Waals surface area contributed by atoms with Gasteiger partial charge in [-0.15, -0.1) is 0 Å². The van der Waals surface area contributed by atoms with Crippen LogP contribution in [0.2, 0.25) is 0 Å². The number of ketones is 1. The minimum absolute atomic E-state index is 0.00778. The van der Waals surface area contributed by atoms with E-state index >= 15 is 0 Å². The first kappa shape index (κ1) is 23.4. The van der Waals surface area contributed by atoms with E-state index in [1.54, 1.807) is 24.3 Å². The standard InChI is InChI=1S/C29H23FN2O4S/c1-3-16-4-6-17(7-5-16)25-24(26(33)18-8-11-22-19(13-18)12-15(2)36-22)27(34)28(35)32(25)29-31-21-10-9-20(30)14-23(21)37-29/h4-11,13-15,25,33H,3,12H2,1-2H3/t15-,25+/m0/s1. The van der Waals surface area contributed by atoms with Crippen LogP contribution in [-0.2, 0) is 22.4 Å². The Balaban J connectivity index is 1.53. The zero-order chi connectivity index (χ0) is 25.8. The number of aliphatic hydroxyl groups excluding tert-OH is 1. The van der Waals surface area contributed by atoms with Crippen LogP contribution in [-0.4, -0.2) is 27.9 Å². The summed E-state index contributed by atoms with van der Waals surface area (Å²) in [4.78, 5) is 32.7. The van der Waals surface area contributed by atoms with E-state index in [-0.39, 0.29) is 22.6 Å². The van der Waals surface area contributed by atoms with E-state index in [2.05, 4.69) is 4.98 Å². The van der Waals surface area contributed by atoms with Crippen molar-refractivity contribution in [3.8, 4) is 5.75 Å². The number of hydrogen-bond acceptors (Lipinski definition) is 6. The number of carbonyl (C=O) groups excluding carboxylic acids is 2. The molecule has 4 aromatic rings. The molecule has 3 aromatic carbocycles. The first-order valence-corrected chi connectivity index (χ1v) is 12.9. The Kier molecular flexibility index (Phi) is 5.56. The van der Waals surface area contributed by atoms with Crippen LogP contribution in [0.15, 0.2) is 66.2 Å². The van der Waals surface area contributed by atoms with Crippen molar-refractivity contribution in [3.05, 3.63) is 94.3 Å². The van der Waals surface area contributed by atoms with Crippen molar-refractivity contribution in [1.29, 1.82) is 0 Å². The summed E-state index contributed by atoms with van der Waals surface area (Å²) in [7, 11) is 0. The molecule has 0 bridgehead atoms. The van der Waals surface area contributed by atoms with Gasteiger partial charge in [0.25, 0.3) is 5.78 Å². The minimum Gasteiger partial charge on any atom is -0.507 e. The monoisotopic (exact) mass is 514 g/mol. The Labute approximate surface area is 216 Å². The van der Waals surface area contributed by atoms with E-state index in [9.17, 15) is 19.1 Å². The van der Waals surface area contributed by atoms with Gasteiger partial charge in [0.1, 0.15) is 23.4 Å². The molecule has 2 aliphatic rings. The average Bonchev–Trinajstić information content (AvgIpc) is 3.55. The highest BCUT2D eigenvalue weighted by Gasteiger charge is 2.48. The summed E-state index contributed by atoms with van der Waals surface area (Å²) < 4.78 is 20.2. The molecule has 1 aromatic heterocycles. The van der Waals surface area contributed by atoms with Crippen molar-refractivity contribution in [1.82, 2.24) is 4.98 Å². The number of aryl methyl sites for hydroxylation is 1. The van der Waals surface area contributed by atoms with E-state index in [4.69, 9.17) is 4.74 Å². The molecule has 186 valence electrons. The molecule has 1 fully saturated rings. The normalized spacial score (nSPS) is 20.5. The molecule has 2 atom stereocenters. The molecule has 1 saturated heterocycles.